The van der Waals surface area contributed by atoms with Gasteiger partial charge in [0, 0.05) is 26.8 Å². The van der Waals surface area contributed by atoms with Crippen molar-refractivity contribution in [3.05, 3.63) is 21.1 Å². The number of nitrogens with zero attached hydrogens (tertiary/aromatic N) is 2. The van der Waals surface area contributed by atoms with Gasteiger partial charge in [0.2, 0.25) is 0 Å². The fourth-order valence-corrected chi connectivity index (χ4v) is 2.23. The van der Waals surface area contributed by atoms with Gasteiger partial charge < -0.3 is 0 Å². The topological polar surface area (TPSA) is 24.7 Å². The number of aliphatic imine (C=N–C) groups is 2. The second kappa shape index (κ2) is 4.18. The van der Waals surface area contributed by atoms with Crippen LogP contribution in [0.4, 0.5) is 11.4 Å². The summed E-state index contributed by atoms with van der Waals surface area (Å²) in [6.07, 6.45) is 0.851. The second-order valence-corrected chi connectivity index (χ2v) is 5.33. The van der Waals surface area contributed by atoms with Gasteiger partial charge in [-0.25, -0.2) is 0 Å². The molecule has 4 heteroatoms. The summed E-state index contributed by atoms with van der Waals surface area (Å²) in [6.45, 7) is 4.06. The molecule has 1 heterocycles. The van der Waals surface area contributed by atoms with Crippen molar-refractivity contribution < 1.29 is 0 Å². The molecule has 1 aliphatic heterocycles. The Kier molecular flexibility index (Phi) is 3.07. The molecule has 0 radical (unpaired) electrons. The third kappa shape index (κ3) is 2.37. The number of hydrogen-bond acceptors (Lipinski definition) is 2. The predicted octanol–water partition coefficient (Wildman–Crippen LogP) is 4.80. The zero-order valence-electron chi connectivity index (χ0n) is 8.51. The molecule has 78 valence electrons. The Morgan fingerprint density at radius 2 is 1.33 bits per heavy atom. The van der Waals surface area contributed by atoms with Crippen LogP contribution in [0.5, 0.6) is 0 Å². The van der Waals surface area contributed by atoms with Crippen molar-refractivity contribution in [1.82, 2.24) is 0 Å². The molecule has 0 aliphatic carbocycles. The number of hydrogen-bond donors (Lipinski definition) is 0. The standard InChI is InChI=1S/C11H10Br2N2/c1-6-3-7(2)15-11-5-9(13)8(12)4-10(11)14-6/h4-5H,3H2,1-2H3. The van der Waals surface area contributed by atoms with Crippen LogP contribution in [0.25, 0.3) is 0 Å². The molecule has 1 aliphatic rings. The Hall–Kier alpha value is -0.480. The molecule has 1 aromatic carbocycles. The molecule has 0 atom stereocenters. The minimum atomic E-state index is 0.851. The molecule has 1 aromatic rings. The van der Waals surface area contributed by atoms with Gasteiger partial charge in [0.1, 0.15) is 0 Å². The summed E-state index contributed by atoms with van der Waals surface area (Å²) >= 11 is 6.94. The van der Waals surface area contributed by atoms with E-state index in [2.05, 4.69) is 41.8 Å². The monoisotopic (exact) mass is 328 g/mol. The van der Waals surface area contributed by atoms with E-state index in [-0.39, 0.29) is 0 Å². The normalized spacial score (nSPS) is 15.2. The van der Waals surface area contributed by atoms with Crippen LogP contribution in [0.3, 0.4) is 0 Å². The van der Waals surface area contributed by atoms with Crippen LogP contribution in [0.15, 0.2) is 31.1 Å². The van der Waals surface area contributed by atoms with Crippen LogP contribution < -0.4 is 0 Å². The first-order valence-corrected chi connectivity index (χ1v) is 6.22. The van der Waals surface area contributed by atoms with E-state index in [0.717, 1.165) is 38.2 Å². The first kappa shape index (κ1) is 11.0. The van der Waals surface area contributed by atoms with Crippen molar-refractivity contribution in [2.75, 3.05) is 0 Å². The largest absolute Gasteiger partial charge is 0.255 e. The molecule has 0 N–H and O–H groups in total. The highest BCUT2D eigenvalue weighted by Gasteiger charge is 2.10. The number of halogens is 2. The average Bonchev–Trinajstić information content (AvgIpc) is 2.24. The molecule has 2 rings (SSSR count). The van der Waals surface area contributed by atoms with Crippen molar-refractivity contribution >= 4 is 54.7 Å². The predicted molar refractivity (Wildman–Crippen MR) is 72.0 cm³/mol. The van der Waals surface area contributed by atoms with Crippen LogP contribution in [0.2, 0.25) is 0 Å². The van der Waals surface area contributed by atoms with Gasteiger partial charge in [0.25, 0.3) is 0 Å². The van der Waals surface area contributed by atoms with Crippen molar-refractivity contribution in [3.63, 3.8) is 0 Å². The summed E-state index contributed by atoms with van der Waals surface area (Å²) in [5, 5.41) is 0. The lowest BCUT2D eigenvalue weighted by Crippen LogP contribution is -1.97. The van der Waals surface area contributed by atoms with Gasteiger partial charge in [0.15, 0.2) is 0 Å². The van der Waals surface area contributed by atoms with Crippen molar-refractivity contribution in [1.29, 1.82) is 0 Å². The van der Waals surface area contributed by atoms with E-state index in [9.17, 15) is 0 Å². The van der Waals surface area contributed by atoms with Gasteiger partial charge in [-0.15, -0.1) is 0 Å². The van der Waals surface area contributed by atoms with E-state index < -0.39 is 0 Å². The minimum absolute atomic E-state index is 0.851. The van der Waals surface area contributed by atoms with Crippen molar-refractivity contribution in [3.8, 4) is 0 Å². The lowest BCUT2D eigenvalue weighted by atomic mass is 10.2. The maximum absolute atomic E-state index is 4.54. The fourth-order valence-electron chi connectivity index (χ4n) is 1.57. The molecule has 0 saturated heterocycles. The summed E-state index contributed by atoms with van der Waals surface area (Å²) in [5.41, 5.74) is 4.06. The van der Waals surface area contributed by atoms with Crippen LogP contribution in [-0.2, 0) is 0 Å². The summed E-state index contributed by atoms with van der Waals surface area (Å²) in [5.74, 6) is 0. The Labute approximate surface area is 106 Å². The quantitative estimate of drug-likeness (QED) is 0.653. The SMILES string of the molecule is CC1=Nc2cc(Br)c(Br)cc2N=C(C)C1. The lowest BCUT2D eigenvalue weighted by Gasteiger charge is -2.02. The van der Waals surface area contributed by atoms with E-state index in [0.29, 0.717) is 0 Å². The molecule has 0 amide bonds. The van der Waals surface area contributed by atoms with E-state index in [4.69, 9.17) is 0 Å². The summed E-state index contributed by atoms with van der Waals surface area (Å²) in [7, 11) is 0. The summed E-state index contributed by atoms with van der Waals surface area (Å²) < 4.78 is 2.01. The molecule has 0 fully saturated rings. The number of fused-ring (bicyclic) bond motifs is 1. The molecular weight excluding hydrogens is 320 g/mol. The first-order chi connectivity index (χ1) is 7.06. The number of benzene rings is 1. The fraction of sp³-hybridized carbons (Fsp3) is 0.273. The Morgan fingerprint density at radius 3 is 1.73 bits per heavy atom. The Balaban J connectivity index is 2.66. The molecule has 2 nitrogen and oxygen atoms in total. The highest BCUT2D eigenvalue weighted by Crippen LogP contribution is 2.38. The summed E-state index contributed by atoms with van der Waals surface area (Å²) in [6, 6.07) is 3.98. The third-order valence-corrected chi connectivity index (χ3v) is 4.00. The first-order valence-electron chi connectivity index (χ1n) is 4.63. The van der Waals surface area contributed by atoms with Crippen LogP contribution >= 0.6 is 31.9 Å². The van der Waals surface area contributed by atoms with Gasteiger partial charge in [0.05, 0.1) is 11.4 Å². The third-order valence-electron chi connectivity index (χ3n) is 2.15. The number of rotatable bonds is 0. The maximum atomic E-state index is 4.54. The smallest absolute Gasteiger partial charge is 0.0897 e. The highest BCUT2D eigenvalue weighted by atomic mass is 79.9. The van der Waals surface area contributed by atoms with Gasteiger partial charge >= 0.3 is 0 Å². The van der Waals surface area contributed by atoms with E-state index >= 15 is 0 Å². The molecule has 0 aromatic heterocycles. The van der Waals surface area contributed by atoms with Crippen LogP contribution in [-0.4, -0.2) is 11.4 Å². The van der Waals surface area contributed by atoms with E-state index in [1.807, 2.05) is 26.0 Å². The maximum Gasteiger partial charge on any atom is 0.0897 e. The lowest BCUT2D eigenvalue weighted by molar-refractivity contribution is 1.42. The van der Waals surface area contributed by atoms with Gasteiger partial charge in [-0.1, -0.05) is 0 Å². The highest BCUT2D eigenvalue weighted by molar-refractivity contribution is 9.13. The molecule has 15 heavy (non-hydrogen) atoms. The second-order valence-electron chi connectivity index (χ2n) is 3.63. The minimum Gasteiger partial charge on any atom is -0.255 e. The van der Waals surface area contributed by atoms with Gasteiger partial charge in [-0.05, 0) is 57.8 Å². The van der Waals surface area contributed by atoms with Crippen molar-refractivity contribution in [2.45, 2.75) is 20.3 Å². The van der Waals surface area contributed by atoms with Gasteiger partial charge in [-0.3, -0.25) is 9.98 Å². The molecule has 0 bridgehead atoms. The zero-order chi connectivity index (χ0) is 11.0. The van der Waals surface area contributed by atoms with Crippen LogP contribution in [0.1, 0.15) is 20.3 Å². The molecule has 0 spiro atoms. The Bertz CT molecular complexity index is 433. The zero-order valence-corrected chi connectivity index (χ0v) is 11.7. The Morgan fingerprint density at radius 1 is 0.933 bits per heavy atom. The summed E-state index contributed by atoms with van der Waals surface area (Å²) in [4.78, 5) is 9.09. The molecule has 0 saturated carbocycles. The van der Waals surface area contributed by atoms with Crippen molar-refractivity contribution in [2.24, 2.45) is 9.98 Å². The van der Waals surface area contributed by atoms with E-state index in [1.165, 1.54) is 0 Å². The molecular formula is C11H10Br2N2. The average molecular weight is 330 g/mol. The van der Waals surface area contributed by atoms with Crippen LogP contribution in [0, 0.1) is 0 Å². The molecule has 0 unspecified atom stereocenters. The van der Waals surface area contributed by atoms with E-state index in [1.54, 1.807) is 0 Å². The van der Waals surface area contributed by atoms with Gasteiger partial charge in [-0.2, -0.15) is 0 Å².